The maximum Gasteiger partial charge on any atom is 0.246 e. The van der Waals surface area contributed by atoms with E-state index >= 15 is 0 Å². The average molecular weight is 616 g/mol. The van der Waals surface area contributed by atoms with Crippen molar-refractivity contribution in [3.63, 3.8) is 0 Å². The number of amides is 2. The van der Waals surface area contributed by atoms with E-state index in [-0.39, 0.29) is 30.0 Å². The topological polar surface area (TPSA) is 112 Å². The number of piperidine rings is 1. The Labute approximate surface area is 260 Å². The van der Waals surface area contributed by atoms with Crippen molar-refractivity contribution in [2.45, 2.75) is 94.9 Å². The van der Waals surface area contributed by atoms with Gasteiger partial charge in [-0.1, -0.05) is 44.7 Å². The molecule has 0 aromatic heterocycles. The number of nitrogens with one attached hydrogen (secondary N) is 1. The molecular formula is C33H46ClN3O6. The van der Waals surface area contributed by atoms with Gasteiger partial charge in [-0.2, -0.15) is 0 Å². The number of carbonyl (C=O) groups is 2. The number of nitrogens with zero attached hydrogens (tertiary/aromatic N) is 2. The van der Waals surface area contributed by atoms with Crippen molar-refractivity contribution in [2.24, 2.45) is 0 Å². The van der Waals surface area contributed by atoms with Gasteiger partial charge in [0.2, 0.25) is 11.8 Å². The maximum absolute atomic E-state index is 13.8. The van der Waals surface area contributed by atoms with Crippen LogP contribution in [0.15, 0.2) is 42.5 Å². The maximum atomic E-state index is 13.8. The second-order valence-corrected chi connectivity index (χ2v) is 12.2. The predicted molar refractivity (Wildman–Crippen MR) is 167 cm³/mol. The van der Waals surface area contributed by atoms with Gasteiger partial charge >= 0.3 is 0 Å². The zero-order chi connectivity index (χ0) is 29.7. The fourth-order valence-electron chi connectivity index (χ4n) is 6.82. The van der Waals surface area contributed by atoms with Crippen molar-refractivity contribution in [1.29, 1.82) is 0 Å². The molecule has 2 amide bonds. The standard InChI is InChI=1S/C33H45N3O6.ClH/c1-3-4-18-36-30(38)27(22-32(40)14-6-5-7-15-32)34-31(39)33(36)16-19-35(20-17-33)23-24-8-11-26(12-9-24)42-28-13-10-25(37)21-29(28)41-2;/h8-13,21,27,37,40H,3-7,14-20,22-23H2,1-2H3,(H,34,39);1H/t27-;/m1./s1. The first-order chi connectivity index (χ1) is 20.2. The molecule has 5 rings (SSSR count). The van der Waals surface area contributed by atoms with E-state index in [9.17, 15) is 19.8 Å². The van der Waals surface area contributed by atoms with Gasteiger partial charge in [0.25, 0.3) is 0 Å². The summed E-state index contributed by atoms with van der Waals surface area (Å²) in [4.78, 5) is 31.7. The van der Waals surface area contributed by atoms with Crippen molar-refractivity contribution in [3.8, 4) is 23.0 Å². The molecule has 1 aliphatic carbocycles. The van der Waals surface area contributed by atoms with Crippen molar-refractivity contribution in [3.05, 3.63) is 48.0 Å². The Bertz CT molecular complexity index is 1240. The van der Waals surface area contributed by atoms with Gasteiger partial charge < -0.3 is 29.9 Å². The minimum atomic E-state index is -0.868. The molecule has 1 atom stereocenters. The predicted octanol–water partition coefficient (Wildman–Crippen LogP) is 5.16. The van der Waals surface area contributed by atoms with Crippen molar-refractivity contribution >= 4 is 24.2 Å². The highest BCUT2D eigenvalue weighted by Crippen LogP contribution is 2.38. The Morgan fingerprint density at radius 2 is 1.67 bits per heavy atom. The highest BCUT2D eigenvalue weighted by molar-refractivity contribution is 6.00. The summed E-state index contributed by atoms with van der Waals surface area (Å²) < 4.78 is 11.3. The molecular weight excluding hydrogens is 570 g/mol. The molecule has 9 nitrogen and oxygen atoms in total. The summed E-state index contributed by atoms with van der Waals surface area (Å²) in [6.07, 6.45) is 7.72. The number of piperazine rings is 1. The third kappa shape index (κ3) is 7.39. The SMILES string of the molecule is CCCCN1C(=O)[C@@H](CC2(O)CCCCC2)NC(=O)C12CCN(Cc1ccc(Oc3ccc(O)cc3OC)cc1)CC2.Cl. The minimum absolute atomic E-state index is 0. The normalized spacial score (nSPS) is 21.7. The lowest BCUT2D eigenvalue weighted by atomic mass is 9.77. The largest absolute Gasteiger partial charge is 0.508 e. The Hall–Kier alpha value is -3.01. The number of hydrogen-bond acceptors (Lipinski definition) is 7. The van der Waals surface area contributed by atoms with Gasteiger partial charge in [0.1, 0.15) is 23.1 Å². The summed E-state index contributed by atoms with van der Waals surface area (Å²) in [5, 5.41) is 23.9. The van der Waals surface area contributed by atoms with E-state index in [0.29, 0.717) is 69.0 Å². The summed E-state index contributed by atoms with van der Waals surface area (Å²) in [5.74, 6) is 1.66. The average Bonchev–Trinajstić information content (AvgIpc) is 2.99. The van der Waals surface area contributed by atoms with Crippen LogP contribution in [0.2, 0.25) is 0 Å². The number of likely N-dealkylation sites (tertiary alicyclic amines) is 1. The van der Waals surface area contributed by atoms with Crippen LogP contribution >= 0.6 is 12.4 Å². The van der Waals surface area contributed by atoms with E-state index in [4.69, 9.17) is 9.47 Å². The molecule has 2 aliphatic heterocycles. The fraction of sp³-hybridized carbons (Fsp3) is 0.576. The summed E-state index contributed by atoms with van der Waals surface area (Å²) in [5.41, 5.74) is -0.564. The zero-order valence-electron chi connectivity index (χ0n) is 25.3. The lowest BCUT2D eigenvalue weighted by Crippen LogP contribution is -2.73. The van der Waals surface area contributed by atoms with Crippen molar-refractivity contribution < 1.29 is 29.3 Å². The lowest BCUT2D eigenvalue weighted by molar-refractivity contribution is -0.163. The number of hydrogen-bond donors (Lipinski definition) is 3. The molecule has 2 saturated heterocycles. The quantitative estimate of drug-likeness (QED) is 0.338. The molecule has 1 spiro atoms. The van der Waals surface area contributed by atoms with Crippen LogP contribution in [0.1, 0.15) is 76.7 Å². The number of unbranched alkanes of at least 4 members (excludes halogenated alkanes) is 1. The molecule has 43 heavy (non-hydrogen) atoms. The third-order valence-electron chi connectivity index (χ3n) is 9.30. The third-order valence-corrected chi connectivity index (χ3v) is 9.30. The summed E-state index contributed by atoms with van der Waals surface area (Å²) in [7, 11) is 1.53. The van der Waals surface area contributed by atoms with Gasteiger partial charge in [0.15, 0.2) is 11.5 Å². The molecule has 236 valence electrons. The number of phenolic OH excluding ortho intramolecular Hbond substituents is 1. The van der Waals surface area contributed by atoms with Gasteiger partial charge in [-0.05, 0) is 61.9 Å². The summed E-state index contributed by atoms with van der Waals surface area (Å²) in [6, 6.07) is 12.0. The molecule has 0 radical (unpaired) electrons. The number of ether oxygens (including phenoxy) is 2. The first-order valence-electron chi connectivity index (χ1n) is 15.5. The monoisotopic (exact) mass is 615 g/mol. The Kier molecular flexibility index (Phi) is 10.8. The highest BCUT2D eigenvalue weighted by atomic mass is 35.5. The number of rotatable bonds is 10. The van der Waals surface area contributed by atoms with E-state index in [1.165, 1.54) is 13.2 Å². The number of halogens is 1. The first kappa shape index (κ1) is 32.9. The molecule has 2 aromatic rings. The van der Waals surface area contributed by atoms with Crippen molar-refractivity contribution in [1.82, 2.24) is 15.1 Å². The molecule has 0 bridgehead atoms. The summed E-state index contributed by atoms with van der Waals surface area (Å²) >= 11 is 0. The summed E-state index contributed by atoms with van der Waals surface area (Å²) in [6.45, 7) is 4.83. The van der Waals surface area contributed by atoms with E-state index in [0.717, 1.165) is 44.2 Å². The smallest absolute Gasteiger partial charge is 0.246 e. The van der Waals surface area contributed by atoms with Gasteiger partial charge in [-0.15, -0.1) is 12.4 Å². The molecule has 3 fully saturated rings. The van der Waals surface area contributed by atoms with Crippen LogP contribution in [0.5, 0.6) is 23.0 Å². The molecule has 3 N–H and O–H groups in total. The van der Waals surface area contributed by atoms with E-state index in [1.807, 2.05) is 29.2 Å². The van der Waals surface area contributed by atoms with Crippen LogP contribution in [0, 0.1) is 0 Å². The molecule has 2 heterocycles. The van der Waals surface area contributed by atoms with Gasteiger partial charge in [0, 0.05) is 38.7 Å². The van der Waals surface area contributed by atoms with Gasteiger partial charge in [-0.25, -0.2) is 0 Å². The van der Waals surface area contributed by atoms with E-state index in [1.54, 1.807) is 12.1 Å². The van der Waals surface area contributed by atoms with Crippen LogP contribution < -0.4 is 14.8 Å². The van der Waals surface area contributed by atoms with Crippen molar-refractivity contribution in [2.75, 3.05) is 26.7 Å². The van der Waals surface area contributed by atoms with Crippen LogP contribution in [0.25, 0.3) is 0 Å². The Morgan fingerprint density at radius 3 is 2.33 bits per heavy atom. The second-order valence-electron chi connectivity index (χ2n) is 12.2. The van der Waals surface area contributed by atoms with Crippen LogP contribution in [0.4, 0.5) is 0 Å². The molecule has 3 aliphatic rings. The molecule has 10 heteroatoms. The number of phenols is 1. The highest BCUT2D eigenvalue weighted by Gasteiger charge is 2.54. The minimum Gasteiger partial charge on any atom is -0.508 e. The number of carbonyl (C=O) groups excluding carboxylic acids is 2. The Balaban J connectivity index is 0.00000423. The van der Waals surface area contributed by atoms with E-state index < -0.39 is 17.2 Å². The number of aliphatic hydroxyl groups is 1. The molecule has 0 unspecified atom stereocenters. The van der Waals surface area contributed by atoms with Crippen LogP contribution in [-0.2, 0) is 16.1 Å². The fourth-order valence-corrected chi connectivity index (χ4v) is 6.82. The number of benzene rings is 2. The number of methoxy groups -OCH3 is 1. The van der Waals surface area contributed by atoms with Crippen LogP contribution in [-0.4, -0.2) is 75.8 Å². The molecule has 2 aromatic carbocycles. The first-order valence-corrected chi connectivity index (χ1v) is 15.5. The zero-order valence-corrected chi connectivity index (χ0v) is 26.2. The van der Waals surface area contributed by atoms with Gasteiger partial charge in [-0.3, -0.25) is 14.5 Å². The van der Waals surface area contributed by atoms with Crippen LogP contribution in [0.3, 0.4) is 0 Å². The number of aromatic hydroxyl groups is 1. The lowest BCUT2D eigenvalue weighted by Gasteiger charge is -2.52. The Morgan fingerprint density at radius 1 is 0.977 bits per heavy atom. The second kappa shape index (κ2) is 14.2. The molecule has 1 saturated carbocycles. The van der Waals surface area contributed by atoms with Gasteiger partial charge in [0.05, 0.1) is 12.7 Å². The van der Waals surface area contributed by atoms with E-state index in [2.05, 4.69) is 17.1 Å².